The minimum atomic E-state index is -4.20. The van der Waals surface area contributed by atoms with E-state index in [1.54, 1.807) is 55.5 Å². The Labute approximate surface area is 262 Å². The minimum Gasteiger partial charge on any atom is -0.352 e. The number of nitrogens with one attached hydrogen (secondary N) is 1. The van der Waals surface area contributed by atoms with Gasteiger partial charge >= 0.3 is 0 Å². The van der Waals surface area contributed by atoms with Crippen LogP contribution in [0.25, 0.3) is 0 Å². The molecule has 2 amide bonds. The number of anilines is 1. The summed E-state index contributed by atoms with van der Waals surface area (Å²) < 4.78 is 29.1. The summed E-state index contributed by atoms with van der Waals surface area (Å²) in [4.78, 5) is 29.3. The highest BCUT2D eigenvalue weighted by atomic mass is 35.5. The summed E-state index contributed by atoms with van der Waals surface area (Å²) in [5.74, 6) is -0.840. The van der Waals surface area contributed by atoms with E-state index in [9.17, 15) is 18.0 Å². The highest BCUT2D eigenvalue weighted by Gasteiger charge is 2.35. The normalized spacial score (nSPS) is 14.4. The summed E-state index contributed by atoms with van der Waals surface area (Å²) in [7, 11) is -4.20. The maximum Gasteiger partial charge on any atom is 0.264 e. The van der Waals surface area contributed by atoms with Gasteiger partial charge in [0.05, 0.1) is 10.6 Å². The van der Waals surface area contributed by atoms with Gasteiger partial charge in [0.25, 0.3) is 10.0 Å². The molecule has 4 rings (SSSR count). The van der Waals surface area contributed by atoms with Gasteiger partial charge in [0.15, 0.2) is 0 Å². The second-order valence-electron chi connectivity index (χ2n) is 10.4. The molecule has 224 valence electrons. The monoisotopic (exact) mass is 649 g/mol. The molecule has 3 aromatic carbocycles. The van der Waals surface area contributed by atoms with Crippen LogP contribution in [0.3, 0.4) is 0 Å². The summed E-state index contributed by atoms with van der Waals surface area (Å²) >= 11 is 18.9. The number of carbonyl (C=O) groups excluding carboxylic acids is 2. The summed E-state index contributed by atoms with van der Waals surface area (Å²) in [6.07, 6.45) is 4.16. The van der Waals surface area contributed by atoms with Crippen LogP contribution in [-0.2, 0) is 26.2 Å². The van der Waals surface area contributed by atoms with Gasteiger partial charge in [-0.25, -0.2) is 8.42 Å². The van der Waals surface area contributed by atoms with Gasteiger partial charge in [0.2, 0.25) is 11.8 Å². The zero-order chi connectivity index (χ0) is 30.4. The second-order valence-corrected chi connectivity index (χ2v) is 13.6. The Morgan fingerprint density at radius 2 is 1.60 bits per heavy atom. The summed E-state index contributed by atoms with van der Waals surface area (Å²) in [6, 6.07) is 16.9. The third-order valence-electron chi connectivity index (χ3n) is 7.49. The standard InChI is InChI=1S/C31H34Cl3N3O4S/c1-3-28(31(39)35-25-9-7-8-10-25)36(19-22-14-16-23(32)17-27(22)34)30(38)20-37(29-18-24(33)15-13-21(29)2)42(40,41)26-11-5-4-6-12-26/h4-6,11-18,25,28H,3,7-10,19-20H2,1-2H3,(H,35,39). The van der Waals surface area contributed by atoms with Gasteiger partial charge in [-0.1, -0.05) is 84.9 Å². The van der Waals surface area contributed by atoms with Crippen LogP contribution in [-0.4, -0.2) is 43.8 Å². The molecule has 0 aliphatic heterocycles. The fourth-order valence-corrected chi connectivity index (χ4v) is 7.33. The van der Waals surface area contributed by atoms with Crippen molar-refractivity contribution in [2.45, 2.75) is 69.5 Å². The number of carbonyl (C=O) groups is 2. The second kappa shape index (κ2) is 14.1. The molecule has 1 saturated carbocycles. The molecule has 0 spiro atoms. The Hall–Kier alpha value is -2.78. The highest BCUT2D eigenvalue weighted by Crippen LogP contribution is 2.31. The summed E-state index contributed by atoms with van der Waals surface area (Å²) in [5, 5.41) is 4.19. The van der Waals surface area contributed by atoms with Crippen molar-refractivity contribution in [3.05, 3.63) is 92.9 Å². The molecule has 0 aromatic heterocycles. The van der Waals surface area contributed by atoms with Crippen molar-refractivity contribution in [1.29, 1.82) is 0 Å². The highest BCUT2D eigenvalue weighted by molar-refractivity contribution is 7.92. The molecular formula is C31H34Cl3N3O4S. The molecule has 3 aromatic rings. The Morgan fingerprint density at radius 3 is 2.24 bits per heavy atom. The molecule has 1 aliphatic rings. The van der Waals surface area contributed by atoms with Crippen LogP contribution >= 0.6 is 34.8 Å². The molecule has 0 bridgehead atoms. The van der Waals surface area contributed by atoms with E-state index in [1.165, 1.54) is 23.1 Å². The Morgan fingerprint density at radius 1 is 0.952 bits per heavy atom. The quantitative estimate of drug-likeness (QED) is 0.242. The molecule has 1 aliphatic carbocycles. The van der Waals surface area contributed by atoms with E-state index in [-0.39, 0.29) is 29.1 Å². The van der Waals surface area contributed by atoms with Crippen LogP contribution in [0, 0.1) is 6.92 Å². The molecule has 42 heavy (non-hydrogen) atoms. The first kappa shape index (κ1) is 32.1. The summed E-state index contributed by atoms with van der Waals surface area (Å²) in [5.41, 5.74) is 1.47. The van der Waals surface area contributed by atoms with Crippen molar-refractivity contribution < 1.29 is 18.0 Å². The Kier molecular flexibility index (Phi) is 10.8. The van der Waals surface area contributed by atoms with Crippen molar-refractivity contribution in [3.63, 3.8) is 0 Å². The van der Waals surface area contributed by atoms with Gasteiger partial charge in [0.1, 0.15) is 12.6 Å². The Bertz CT molecular complexity index is 1530. The maximum atomic E-state index is 14.3. The lowest BCUT2D eigenvalue weighted by molar-refractivity contribution is -0.140. The number of sulfonamides is 1. The molecule has 0 saturated heterocycles. The first-order valence-corrected chi connectivity index (χ1v) is 16.5. The molecule has 1 unspecified atom stereocenters. The third kappa shape index (κ3) is 7.59. The Balaban J connectivity index is 1.76. The molecule has 0 radical (unpaired) electrons. The van der Waals surface area contributed by atoms with Gasteiger partial charge in [-0.3, -0.25) is 13.9 Å². The van der Waals surface area contributed by atoms with Crippen LogP contribution < -0.4 is 9.62 Å². The fourth-order valence-electron chi connectivity index (χ4n) is 5.20. The average Bonchev–Trinajstić information content (AvgIpc) is 3.47. The van der Waals surface area contributed by atoms with Gasteiger partial charge in [-0.15, -0.1) is 0 Å². The largest absolute Gasteiger partial charge is 0.352 e. The van der Waals surface area contributed by atoms with Crippen molar-refractivity contribution in [2.24, 2.45) is 0 Å². The van der Waals surface area contributed by atoms with Crippen LogP contribution in [0.4, 0.5) is 5.69 Å². The molecule has 7 nitrogen and oxygen atoms in total. The molecular weight excluding hydrogens is 617 g/mol. The predicted molar refractivity (Wildman–Crippen MR) is 169 cm³/mol. The van der Waals surface area contributed by atoms with E-state index in [0.29, 0.717) is 32.6 Å². The zero-order valence-electron chi connectivity index (χ0n) is 23.5. The SMILES string of the molecule is CCC(C(=O)NC1CCCC1)N(Cc1ccc(Cl)cc1Cl)C(=O)CN(c1cc(Cl)ccc1C)S(=O)(=O)c1ccccc1. The van der Waals surface area contributed by atoms with E-state index in [2.05, 4.69) is 5.32 Å². The number of halogens is 3. The molecule has 1 N–H and O–H groups in total. The van der Waals surface area contributed by atoms with Crippen molar-refractivity contribution in [2.75, 3.05) is 10.8 Å². The average molecular weight is 651 g/mol. The predicted octanol–water partition coefficient (Wildman–Crippen LogP) is 7.02. The van der Waals surface area contributed by atoms with E-state index >= 15 is 0 Å². The van der Waals surface area contributed by atoms with Gasteiger partial charge in [-0.2, -0.15) is 0 Å². The lowest BCUT2D eigenvalue weighted by atomic mass is 10.1. The van der Waals surface area contributed by atoms with Gasteiger partial charge in [-0.05, 0) is 73.7 Å². The van der Waals surface area contributed by atoms with E-state index in [0.717, 1.165) is 30.0 Å². The topological polar surface area (TPSA) is 86.8 Å². The number of nitrogens with zero attached hydrogens (tertiary/aromatic N) is 2. The van der Waals surface area contributed by atoms with Gasteiger partial charge in [0, 0.05) is 27.7 Å². The molecule has 11 heteroatoms. The number of rotatable bonds is 11. The maximum absolute atomic E-state index is 14.3. The number of aryl methyl sites for hydroxylation is 1. The number of hydrogen-bond acceptors (Lipinski definition) is 4. The van der Waals surface area contributed by atoms with Crippen molar-refractivity contribution in [3.8, 4) is 0 Å². The van der Waals surface area contributed by atoms with Crippen molar-refractivity contribution >= 4 is 62.3 Å². The van der Waals surface area contributed by atoms with E-state index < -0.39 is 28.5 Å². The van der Waals surface area contributed by atoms with Crippen LogP contribution in [0.1, 0.15) is 50.2 Å². The summed E-state index contributed by atoms with van der Waals surface area (Å²) in [6.45, 7) is 3.00. The fraction of sp³-hybridized carbons (Fsp3) is 0.355. The van der Waals surface area contributed by atoms with Crippen LogP contribution in [0.2, 0.25) is 15.1 Å². The minimum absolute atomic E-state index is 0.0147. The van der Waals surface area contributed by atoms with E-state index in [4.69, 9.17) is 34.8 Å². The first-order valence-electron chi connectivity index (χ1n) is 13.9. The first-order chi connectivity index (χ1) is 20.0. The lowest BCUT2D eigenvalue weighted by Crippen LogP contribution is -2.53. The molecule has 1 fully saturated rings. The third-order valence-corrected chi connectivity index (χ3v) is 10.1. The smallest absolute Gasteiger partial charge is 0.264 e. The zero-order valence-corrected chi connectivity index (χ0v) is 26.6. The lowest BCUT2D eigenvalue weighted by Gasteiger charge is -2.34. The molecule has 0 heterocycles. The van der Waals surface area contributed by atoms with Crippen molar-refractivity contribution in [1.82, 2.24) is 10.2 Å². The molecule has 1 atom stereocenters. The number of amides is 2. The number of hydrogen-bond donors (Lipinski definition) is 1. The van der Waals surface area contributed by atoms with Crippen LogP contribution in [0.5, 0.6) is 0 Å². The van der Waals surface area contributed by atoms with E-state index in [1.807, 2.05) is 6.92 Å². The van der Waals surface area contributed by atoms with Crippen LogP contribution in [0.15, 0.2) is 71.6 Å². The number of benzene rings is 3. The van der Waals surface area contributed by atoms with Gasteiger partial charge < -0.3 is 10.2 Å².